The molecule has 0 amide bonds. The molecule has 5 nitrogen and oxygen atoms in total. The molecule has 2 atom stereocenters. The molecule has 2 rings (SSSR count). The van der Waals surface area contributed by atoms with Crippen LogP contribution in [0.25, 0.3) is 5.65 Å². The second-order valence-corrected chi connectivity index (χ2v) is 5.60. The quantitative estimate of drug-likeness (QED) is 0.847. The highest BCUT2D eigenvalue weighted by molar-refractivity contribution is 5.42. The Balaban J connectivity index is 2.13. The molecule has 110 valence electrons. The van der Waals surface area contributed by atoms with Crippen LogP contribution in [0.1, 0.15) is 43.3 Å². The van der Waals surface area contributed by atoms with Crippen LogP contribution >= 0.6 is 0 Å². The predicted molar refractivity (Wildman–Crippen MR) is 79.7 cm³/mol. The Kier molecular flexibility index (Phi) is 4.73. The van der Waals surface area contributed by atoms with Gasteiger partial charge in [-0.05, 0) is 39.7 Å². The van der Waals surface area contributed by atoms with E-state index < -0.39 is 0 Å². The van der Waals surface area contributed by atoms with Crippen LogP contribution in [-0.2, 0) is 0 Å². The number of hydrogen-bond donors (Lipinski definition) is 2. The standard InChI is InChI=1S/C15H24N4O/c1-10(5-6-20)8-16-12(3)14-9-17-15-7-11(2)18-19(15)13(14)4/h7,9-10,12,16,20H,5-6,8H2,1-4H3. The number of aliphatic hydroxyl groups excluding tert-OH is 1. The summed E-state index contributed by atoms with van der Waals surface area (Å²) >= 11 is 0. The first-order valence-corrected chi connectivity index (χ1v) is 7.19. The van der Waals surface area contributed by atoms with Crippen molar-refractivity contribution in [3.63, 3.8) is 0 Å². The van der Waals surface area contributed by atoms with Gasteiger partial charge in [0, 0.05) is 36.2 Å². The zero-order valence-electron chi connectivity index (χ0n) is 12.7. The molecule has 2 unspecified atom stereocenters. The lowest BCUT2D eigenvalue weighted by molar-refractivity contribution is 0.258. The Morgan fingerprint density at radius 3 is 2.80 bits per heavy atom. The van der Waals surface area contributed by atoms with Gasteiger partial charge in [-0.2, -0.15) is 5.10 Å². The zero-order valence-corrected chi connectivity index (χ0v) is 12.7. The van der Waals surface area contributed by atoms with Crippen LogP contribution < -0.4 is 5.32 Å². The minimum Gasteiger partial charge on any atom is -0.396 e. The Hall–Kier alpha value is -1.46. The van der Waals surface area contributed by atoms with Gasteiger partial charge in [0.2, 0.25) is 0 Å². The molecule has 5 heteroatoms. The second kappa shape index (κ2) is 6.33. The van der Waals surface area contributed by atoms with Crippen LogP contribution in [0.3, 0.4) is 0 Å². The molecule has 0 aliphatic heterocycles. The van der Waals surface area contributed by atoms with Crippen molar-refractivity contribution in [1.29, 1.82) is 0 Å². The highest BCUT2D eigenvalue weighted by atomic mass is 16.3. The molecule has 20 heavy (non-hydrogen) atoms. The van der Waals surface area contributed by atoms with E-state index in [1.54, 1.807) is 0 Å². The molecule has 2 aromatic rings. The van der Waals surface area contributed by atoms with Gasteiger partial charge in [-0.3, -0.25) is 0 Å². The van der Waals surface area contributed by atoms with Gasteiger partial charge in [-0.25, -0.2) is 9.50 Å². The van der Waals surface area contributed by atoms with E-state index in [0.29, 0.717) is 5.92 Å². The molecule has 2 aromatic heterocycles. The van der Waals surface area contributed by atoms with Gasteiger partial charge in [-0.1, -0.05) is 6.92 Å². The van der Waals surface area contributed by atoms with Crippen molar-refractivity contribution in [2.24, 2.45) is 5.92 Å². The van der Waals surface area contributed by atoms with Crippen molar-refractivity contribution in [3.05, 3.63) is 29.2 Å². The summed E-state index contributed by atoms with van der Waals surface area (Å²) in [7, 11) is 0. The highest BCUT2D eigenvalue weighted by Gasteiger charge is 2.13. The number of aryl methyl sites for hydroxylation is 2. The van der Waals surface area contributed by atoms with Gasteiger partial charge >= 0.3 is 0 Å². The molecule has 0 spiro atoms. The number of aliphatic hydroxyl groups is 1. The molecule has 2 heterocycles. The summed E-state index contributed by atoms with van der Waals surface area (Å²) < 4.78 is 1.90. The largest absolute Gasteiger partial charge is 0.396 e. The summed E-state index contributed by atoms with van der Waals surface area (Å²) in [6, 6.07) is 2.20. The predicted octanol–water partition coefficient (Wildman–Crippen LogP) is 2.02. The van der Waals surface area contributed by atoms with E-state index in [0.717, 1.165) is 35.6 Å². The molecule has 0 fully saturated rings. The van der Waals surface area contributed by atoms with E-state index in [1.165, 1.54) is 0 Å². The molecular formula is C15H24N4O. The Morgan fingerprint density at radius 2 is 2.10 bits per heavy atom. The van der Waals surface area contributed by atoms with Crippen molar-refractivity contribution >= 4 is 5.65 Å². The molecule has 2 N–H and O–H groups in total. The first-order chi connectivity index (χ1) is 9.52. The Morgan fingerprint density at radius 1 is 1.35 bits per heavy atom. The fourth-order valence-electron chi connectivity index (χ4n) is 2.41. The van der Waals surface area contributed by atoms with E-state index >= 15 is 0 Å². The van der Waals surface area contributed by atoms with Gasteiger partial charge in [0.25, 0.3) is 0 Å². The van der Waals surface area contributed by atoms with E-state index in [9.17, 15) is 0 Å². The molecule has 0 radical (unpaired) electrons. The summed E-state index contributed by atoms with van der Waals surface area (Å²) in [5.74, 6) is 0.464. The summed E-state index contributed by atoms with van der Waals surface area (Å²) in [5, 5.41) is 16.9. The third-order valence-corrected chi connectivity index (χ3v) is 3.75. The SMILES string of the molecule is Cc1cc2ncc(C(C)NCC(C)CCO)c(C)n2n1. The molecular weight excluding hydrogens is 252 g/mol. The van der Waals surface area contributed by atoms with Gasteiger partial charge in [-0.15, -0.1) is 0 Å². The van der Waals surface area contributed by atoms with E-state index in [2.05, 4.69) is 36.2 Å². The van der Waals surface area contributed by atoms with Crippen LogP contribution in [-0.4, -0.2) is 32.9 Å². The first-order valence-electron chi connectivity index (χ1n) is 7.19. The topological polar surface area (TPSA) is 62.5 Å². The molecule has 0 aromatic carbocycles. The van der Waals surface area contributed by atoms with Crippen molar-refractivity contribution in [2.45, 2.75) is 40.2 Å². The molecule has 0 saturated carbocycles. The van der Waals surface area contributed by atoms with Crippen LogP contribution in [0.15, 0.2) is 12.3 Å². The number of nitrogens with one attached hydrogen (secondary N) is 1. The van der Waals surface area contributed by atoms with Crippen LogP contribution in [0.5, 0.6) is 0 Å². The number of rotatable bonds is 6. The minimum atomic E-state index is 0.220. The van der Waals surface area contributed by atoms with Crippen LogP contribution in [0, 0.1) is 19.8 Å². The lowest BCUT2D eigenvalue weighted by atomic mass is 10.1. The maximum absolute atomic E-state index is 8.93. The molecule has 0 bridgehead atoms. The lowest BCUT2D eigenvalue weighted by Gasteiger charge is -2.19. The van der Waals surface area contributed by atoms with E-state index in [-0.39, 0.29) is 12.6 Å². The number of nitrogens with zero attached hydrogens (tertiary/aromatic N) is 3. The maximum Gasteiger partial charge on any atom is 0.155 e. The van der Waals surface area contributed by atoms with Crippen molar-refractivity contribution < 1.29 is 5.11 Å². The van der Waals surface area contributed by atoms with Crippen molar-refractivity contribution in [2.75, 3.05) is 13.2 Å². The van der Waals surface area contributed by atoms with Crippen molar-refractivity contribution in [3.8, 4) is 0 Å². The smallest absolute Gasteiger partial charge is 0.155 e. The summed E-state index contributed by atoms with van der Waals surface area (Å²) in [4.78, 5) is 4.47. The monoisotopic (exact) mass is 276 g/mol. The van der Waals surface area contributed by atoms with E-state index in [1.807, 2.05) is 23.7 Å². The zero-order chi connectivity index (χ0) is 14.7. The Bertz CT molecular complexity index is 579. The normalized spacial score (nSPS) is 14.7. The summed E-state index contributed by atoms with van der Waals surface area (Å²) in [5.41, 5.74) is 4.16. The average molecular weight is 276 g/mol. The van der Waals surface area contributed by atoms with Crippen LogP contribution in [0.2, 0.25) is 0 Å². The molecule has 0 aliphatic carbocycles. The fraction of sp³-hybridized carbons (Fsp3) is 0.600. The van der Waals surface area contributed by atoms with Crippen molar-refractivity contribution in [1.82, 2.24) is 19.9 Å². The summed E-state index contributed by atoms with van der Waals surface area (Å²) in [6.07, 6.45) is 2.76. The Labute approximate surface area is 120 Å². The molecule has 0 aliphatic rings. The number of fused-ring (bicyclic) bond motifs is 1. The van der Waals surface area contributed by atoms with E-state index in [4.69, 9.17) is 5.11 Å². The minimum absolute atomic E-state index is 0.220. The first kappa shape index (κ1) is 14.9. The van der Waals surface area contributed by atoms with Gasteiger partial charge in [0.05, 0.1) is 5.69 Å². The summed E-state index contributed by atoms with van der Waals surface area (Å²) in [6.45, 7) is 9.46. The van der Waals surface area contributed by atoms with Gasteiger partial charge in [0.1, 0.15) is 0 Å². The number of aromatic nitrogens is 3. The third kappa shape index (κ3) is 3.16. The average Bonchev–Trinajstić information content (AvgIpc) is 2.78. The second-order valence-electron chi connectivity index (χ2n) is 5.60. The maximum atomic E-state index is 8.93. The van der Waals surface area contributed by atoms with Gasteiger partial charge < -0.3 is 10.4 Å². The highest BCUT2D eigenvalue weighted by Crippen LogP contribution is 2.18. The fourth-order valence-corrected chi connectivity index (χ4v) is 2.41. The molecule has 0 saturated heterocycles. The number of hydrogen-bond acceptors (Lipinski definition) is 4. The lowest BCUT2D eigenvalue weighted by Crippen LogP contribution is -2.26. The van der Waals surface area contributed by atoms with Crippen LogP contribution in [0.4, 0.5) is 0 Å². The third-order valence-electron chi connectivity index (χ3n) is 3.75. The van der Waals surface area contributed by atoms with Gasteiger partial charge in [0.15, 0.2) is 5.65 Å².